The van der Waals surface area contributed by atoms with Gasteiger partial charge in [-0.15, -0.1) is 0 Å². The Balaban J connectivity index is 4.30. The molecule has 18 heavy (non-hydrogen) atoms. The van der Waals surface area contributed by atoms with Crippen molar-refractivity contribution in [3.8, 4) is 0 Å². The van der Waals surface area contributed by atoms with Crippen molar-refractivity contribution in [3.05, 3.63) is 0 Å². The van der Waals surface area contributed by atoms with E-state index in [-0.39, 0.29) is 17.4 Å². The number of nitrogens with zero attached hydrogens (tertiary/aromatic N) is 1. The zero-order valence-corrected chi connectivity index (χ0v) is 12.8. The van der Waals surface area contributed by atoms with E-state index in [4.69, 9.17) is 5.73 Å². The van der Waals surface area contributed by atoms with Gasteiger partial charge < -0.3 is 11.1 Å². The minimum atomic E-state index is 0.0613. The first kappa shape index (κ1) is 17.4. The molecule has 1 unspecified atom stereocenters. The van der Waals surface area contributed by atoms with Crippen molar-refractivity contribution in [2.75, 3.05) is 26.2 Å². The van der Waals surface area contributed by atoms with Gasteiger partial charge in [0.15, 0.2) is 0 Å². The van der Waals surface area contributed by atoms with Gasteiger partial charge in [-0.25, -0.2) is 0 Å². The minimum absolute atomic E-state index is 0.0613. The van der Waals surface area contributed by atoms with E-state index in [9.17, 15) is 4.79 Å². The molecule has 0 aliphatic heterocycles. The lowest BCUT2D eigenvalue weighted by Crippen LogP contribution is -2.45. The lowest BCUT2D eigenvalue weighted by atomic mass is 9.93. The molecule has 4 nitrogen and oxygen atoms in total. The summed E-state index contributed by atoms with van der Waals surface area (Å²) in [6, 6.07) is 0.253. The summed E-state index contributed by atoms with van der Waals surface area (Å²) < 4.78 is 0. The molecule has 0 saturated carbocycles. The summed E-state index contributed by atoms with van der Waals surface area (Å²) >= 11 is 0. The van der Waals surface area contributed by atoms with Gasteiger partial charge in [-0.2, -0.15) is 0 Å². The number of hydrogen-bond acceptors (Lipinski definition) is 3. The van der Waals surface area contributed by atoms with Gasteiger partial charge in [0.05, 0.1) is 6.54 Å². The molecule has 3 N–H and O–H groups in total. The fourth-order valence-electron chi connectivity index (χ4n) is 1.83. The number of nitrogens with one attached hydrogen (secondary N) is 1. The molecule has 0 fully saturated rings. The number of amides is 1. The first-order valence-electron chi connectivity index (χ1n) is 7.06. The predicted molar refractivity (Wildman–Crippen MR) is 77.5 cm³/mol. The maximum absolute atomic E-state index is 11.9. The van der Waals surface area contributed by atoms with E-state index in [1.807, 2.05) is 6.92 Å². The van der Waals surface area contributed by atoms with Gasteiger partial charge in [-0.3, -0.25) is 9.69 Å². The summed E-state index contributed by atoms with van der Waals surface area (Å²) in [6.45, 7) is 13.4. The van der Waals surface area contributed by atoms with Crippen LogP contribution in [0.3, 0.4) is 0 Å². The standard InChI is InChI=1S/C14H31N3O/c1-6-8-17(11-14(4,5)10-15)9-13(18)16-12(3)7-2/h12H,6-11,15H2,1-5H3,(H,16,18). The fraction of sp³-hybridized carbons (Fsp3) is 0.929. The summed E-state index contributed by atoms with van der Waals surface area (Å²) in [5.74, 6) is 0.116. The van der Waals surface area contributed by atoms with Gasteiger partial charge in [0.1, 0.15) is 0 Å². The lowest BCUT2D eigenvalue weighted by molar-refractivity contribution is -0.123. The molecule has 0 spiro atoms. The zero-order chi connectivity index (χ0) is 14.2. The molecule has 0 aromatic heterocycles. The van der Waals surface area contributed by atoms with Crippen molar-refractivity contribution < 1.29 is 4.79 Å². The third-order valence-corrected chi connectivity index (χ3v) is 3.13. The average Bonchev–Trinajstić information content (AvgIpc) is 2.28. The maximum atomic E-state index is 11.9. The Hall–Kier alpha value is -0.610. The maximum Gasteiger partial charge on any atom is 0.234 e. The van der Waals surface area contributed by atoms with Gasteiger partial charge in [-0.05, 0) is 38.3 Å². The molecular formula is C14H31N3O. The Kier molecular flexibility index (Phi) is 8.20. The van der Waals surface area contributed by atoms with Crippen LogP contribution in [-0.4, -0.2) is 43.0 Å². The van der Waals surface area contributed by atoms with E-state index >= 15 is 0 Å². The van der Waals surface area contributed by atoms with Crippen molar-refractivity contribution in [1.29, 1.82) is 0 Å². The van der Waals surface area contributed by atoms with Crippen LogP contribution in [0.2, 0.25) is 0 Å². The molecule has 0 heterocycles. The van der Waals surface area contributed by atoms with E-state index in [1.165, 1.54) is 0 Å². The molecule has 1 amide bonds. The molecule has 1 atom stereocenters. The summed E-state index contributed by atoms with van der Waals surface area (Å²) in [6.07, 6.45) is 2.02. The molecule has 0 saturated heterocycles. The van der Waals surface area contributed by atoms with Crippen LogP contribution in [0.15, 0.2) is 0 Å². The second-order valence-corrected chi connectivity index (χ2v) is 5.96. The smallest absolute Gasteiger partial charge is 0.234 e. The fourth-order valence-corrected chi connectivity index (χ4v) is 1.83. The monoisotopic (exact) mass is 257 g/mol. The van der Waals surface area contributed by atoms with Gasteiger partial charge in [0.2, 0.25) is 5.91 Å². The molecular weight excluding hydrogens is 226 g/mol. The molecule has 0 rings (SSSR count). The number of carbonyl (C=O) groups is 1. The highest BCUT2D eigenvalue weighted by atomic mass is 16.2. The van der Waals surface area contributed by atoms with E-state index in [0.29, 0.717) is 13.1 Å². The summed E-state index contributed by atoms with van der Waals surface area (Å²) in [5.41, 5.74) is 5.82. The Morgan fingerprint density at radius 3 is 2.44 bits per heavy atom. The first-order chi connectivity index (χ1) is 8.34. The van der Waals surface area contributed by atoms with Crippen molar-refractivity contribution >= 4 is 5.91 Å². The molecule has 0 aromatic rings. The van der Waals surface area contributed by atoms with Crippen LogP contribution in [0, 0.1) is 5.41 Å². The Bertz CT molecular complexity index is 241. The number of carbonyl (C=O) groups excluding carboxylic acids is 1. The first-order valence-corrected chi connectivity index (χ1v) is 7.06. The molecule has 0 aliphatic carbocycles. The third-order valence-electron chi connectivity index (χ3n) is 3.13. The predicted octanol–water partition coefficient (Wildman–Crippen LogP) is 1.60. The van der Waals surface area contributed by atoms with Crippen LogP contribution < -0.4 is 11.1 Å². The van der Waals surface area contributed by atoms with Crippen molar-refractivity contribution in [2.24, 2.45) is 11.1 Å². The highest BCUT2D eigenvalue weighted by molar-refractivity contribution is 5.78. The van der Waals surface area contributed by atoms with Gasteiger partial charge in [-0.1, -0.05) is 27.7 Å². The van der Waals surface area contributed by atoms with E-state index < -0.39 is 0 Å². The van der Waals surface area contributed by atoms with Crippen LogP contribution in [0.4, 0.5) is 0 Å². The molecule has 108 valence electrons. The molecule has 0 radical (unpaired) electrons. The summed E-state index contributed by atoms with van der Waals surface area (Å²) in [4.78, 5) is 14.1. The largest absolute Gasteiger partial charge is 0.353 e. The number of nitrogens with two attached hydrogens (primary N) is 1. The molecule has 0 bridgehead atoms. The van der Waals surface area contributed by atoms with Gasteiger partial charge >= 0.3 is 0 Å². The van der Waals surface area contributed by atoms with E-state index in [2.05, 4.69) is 37.9 Å². The Morgan fingerprint density at radius 1 is 1.39 bits per heavy atom. The van der Waals surface area contributed by atoms with Crippen LogP contribution in [0.5, 0.6) is 0 Å². The van der Waals surface area contributed by atoms with Crippen molar-refractivity contribution in [1.82, 2.24) is 10.2 Å². The van der Waals surface area contributed by atoms with Crippen molar-refractivity contribution in [2.45, 2.75) is 53.5 Å². The Labute approximate surface area is 112 Å². The number of rotatable bonds is 9. The summed E-state index contributed by atoms with van der Waals surface area (Å²) in [7, 11) is 0. The van der Waals surface area contributed by atoms with E-state index in [0.717, 1.165) is 25.9 Å². The molecule has 4 heteroatoms. The van der Waals surface area contributed by atoms with E-state index in [1.54, 1.807) is 0 Å². The van der Waals surface area contributed by atoms with Crippen LogP contribution in [0.1, 0.15) is 47.5 Å². The van der Waals surface area contributed by atoms with Crippen LogP contribution in [-0.2, 0) is 4.79 Å². The van der Waals surface area contributed by atoms with Gasteiger partial charge in [0.25, 0.3) is 0 Å². The quantitative estimate of drug-likeness (QED) is 0.659. The van der Waals surface area contributed by atoms with Crippen LogP contribution in [0.25, 0.3) is 0 Å². The van der Waals surface area contributed by atoms with Gasteiger partial charge in [0, 0.05) is 12.6 Å². The Morgan fingerprint density at radius 2 is 2.00 bits per heavy atom. The topological polar surface area (TPSA) is 58.4 Å². The third kappa shape index (κ3) is 7.67. The molecule has 0 aromatic carbocycles. The lowest BCUT2D eigenvalue weighted by Gasteiger charge is -2.31. The average molecular weight is 257 g/mol. The highest BCUT2D eigenvalue weighted by Gasteiger charge is 2.21. The molecule has 0 aliphatic rings. The highest BCUT2D eigenvalue weighted by Crippen LogP contribution is 2.14. The number of hydrogen-bond donors (Lipinski definition) is 2. The van der Waals surface area contributed by atoms with Crippen molar-refractivity contribution in [3.63, 3.8) is 0 Å². The second kappa shape index (κ2) is 8.48. The SMILES string of the molecule is CCCN(CC(=O)NC(C)CC)CC(C)(C)CN. The summed E-state index contributed by atoms with van der Waals surface area (Å²) in [5, 5.41) is 3.01. The minimum Gasteiger partial charge on any atom is -0.353 e. The second-order valence-electron chi connectivity index (χ2n) is 5.96. The van der Waals surface area contributed by atoms with Crippen LogP contribution >= 0.6 is 0 Å². The normalized spacial score (nSPS) is 13.7. The zero-order valence-electron chi connectivity index (χ0n) is 12.8.